The summed E-state index contributed by atoms with van der Waals surface area (Å²) in [5.41, 5.74) is 0.733. The molecule has 0 atom stereocenters. The molecule has 0 N–H and O–H groups in total. The molecule has 2 rings (SSSR count). The topological polar surface area (TPSA) is 52.1 Å². The van der Waals surface area contributed by atoms with Crippen molar-refractivity contribution >= 4 is 0 Å². The Hall–Kier alpha value is -1.58. The van der Waals surface area contributed by atoms with Gasteiger partial charge in [0.2, 0.25) is 5.76 Å². The average Bonchev–Trinajstić information content (AvgIpc) is 2.58. The van der Waals surface area contributed by atoms with Gasteiger partial charge >= 0.3 is 0 Å². The molecule has 0 spiro atoms. The lowest BCUT2D eigenvalue weighted by molar-refractivity contribution is 0.494. The molecule has 2 heterocycles. The third kappa shape index (κ3) is 1.01. The molecular weight excluding hydrogens is 156 g/mol. The molecule has 4 nitrogen and oxygen atoms in total. The van der Waals surface area contributed by atoms with E-state index in [2.05, 4.69) is 16.4 Å². The molecule has 2 aromatic heterocycles. The summed E-state index contributed by atoms with van der Waals surface area (Å²) in [6.07, 6.45) is 4.02. The third-order valence-electron chi connectivity index (χ3n) is 1.51. The van der Waals surface area contributed by atoms with E-state index < -0.39 is 0 Å². The summed E-state index contributed by atoms with van der Waals surface area (Å²) in [5, 5.41) is 0. The van der Waals surface area contributed by atoms with Gasteiger partial charge in [0.25, 0.3) is 12.3 Å². The van der Waals surface area contributed by atoms with Crippen molar-refractivity contribution in [2.24, 2.45) is 0 Å². The summed E-state index contributed by atoms with van der Waals surface area (Å²) >= 11 is 0. The highest BCUT2D eigenvalue weighted by Crippen LogP contribution is 2.20. The van der Waals surface area contributed by atoms with Gasteiger partial charge in [0.05, 0.1) is 11.9 Å². The second kappa shape index (κ2) is 2.48. The van der Waals surface area contributed by atoms with Crippen LogP contribution in [0.3, 0.4) is 0 Å². The minimum atomic E-state index is 0.457. The fourth-order valence-electron chi connectivity index (χ4n) is 0.920. The lowest BCUT2D eigenvalue weighted by Crippen LogP contribution is -1.76. The smallest absolute Gasteiger partial charge is 0.284 e. The highest BCUT2D eigenvalue weighted by atomic mass is 16.4. The summed E-state index contributed by atoms with van der Waals surface area (Å²) in [4.78, 5) is 7.81. The van der Waals surface area contributed by atoms with E-state index in [1.165, 1.54) is 0 Å². The zero-order valence-corrected chi connectivity index (χ0v) is 6.79. The van der Waals surface area contributed by atoms with Gasteiger partial charge < -0.3 is 8.83 Å². The maximum absolute atomic E-state index is 5.24. The molecule has 0 saturated heterocycles. The second-order valence-electron chi connectivity index (χ2n) is 2.50. The van der Waals surface area contributed by atoms with Crippen LogP contribution in [-0.4, -0.2) is 9.97 Å². The largest absolute Gasteiger partial charge is 0.439 e. The van der Waals surface area contributed by atoms with E-state index in [1.54, 1.807) is 6.20 Å². The van der Waals surface area contributed by atoms with Crippen molar-refractivity contribution < 1.29 is 8.83 Å². The Labute approximate surface area is 69.2 Å². The number of nitrogens with zero attached hydrogens (tertiary/aromatic N) is 2. The van der Waals surface area contributed by atoms with Crippen LogP contribution < -0.4 is 0 Å². The summed E-state index contributed by atoms with van der Waals surface area (Å²) < 4.78 is 10.2. The van der Waals surface area contributed by atoms with E-state index in [1.807, 2.05) is 13.8 Å². The number of oxazole rings is 2. The number of rotatable bonds is 1. The Morgan fingerprint density at radius 3 is 2.75 bits per heavy atom. The summed E-state index contributed by atoms with van der Waals surface area (Å²) in [6, 6.07) is 0. The molecule has 0 aliphatic rings. The van der Waals surface area contributed by atoms with Crippen LogP contribution in [0, 0.1) is 20.2 Å². The summed E-state index contributed by atoms with van der Waals surface area (Å²) in [6.45, 7) is 3.64. The van der Waals surface area contributed by atoms with Crippen LogP contribution in [0.4, 0.5) is 0 Å². The molecule has 0 saturated carbocycles. The normalized spacial score (nSPS) is 10.5. The predicted octanol–water partition coefficient (Wildman–Crippen LogP) is 1.75. The zero-order valence-electron chi connectivity index (χ0n) is 6.79. The van der Waals surface area contributed by atoms with Crippen molar-refractivity contribution in [2.75, 3.05) is 0 Å². The van der Waals surface area contributed by atoms with Crippen LogP contribution in [0.1, 0.15) is 11.5 Å². The molecule has 4 heteroatoms. The van der Waals surface area contributed by atoms with Gasteiger partial charge in [0.1, 0.15) is 5.76 Å². The molecule has 0 aliphatic heterocycles. The van der Waals surface area contributed by atoms with Gasteiger partial charge in [-0.05, 0) is 13.8 Å². The minimum Gasteiger partial charge on any atom is -0.439 e. The van der Waals surface area contributed by atoms with Crippen LogP contribution in [0.2, 0.25) is 0 Å². The lowest BCUT2D eigenvalue weighted by atomic mass is 10.4. The van der Waals surface area contributed by atoms with E-state index in [0.717, 1.165) is 11.5 Å². The molecule has 12 heavy (non-hydrogen) atoms. The Morgan fingerprint density at radius 2 is 2.25 bits per heavy atom. The Morgan fingerprint density at radius 1 is 1.42 bits per heavy atom. The van der Waals surface area contributed by atoms with Gasteiger partial charge in [0.15, 0.2) is 0 Å². The predicted molar refractivity (Wildman–Crippen MR) is 40.3 cm³/mol. The first-order valence-corrected chi connectivity index (χ1v) is 3.53. The summed E-state index contributed by atoms with van der Waals surface area (Å²) in [7, 11) is 0. The van der Waals surface area contributed by atoms with Crippen molar-refractivity contribution in [2.45, 2.75) is 13.8 Å². The van der Waals surface area contributed by atoms with Crippen molar-refractivity contribution in [3.63, 3.8) is 0 Å². The standard InChI is InChI=1S/C8H7N2O2/c1-5-3-9-8(12-5)7-6(2)10-4-11-7/h3H,1-2H3. The first-order valence-electron chi connectivity index (χ1n) is 3.53. The van der Waals surface area contributed by atoms with E-state index in [0.29, 0.717) is 11.7 Å². The van der Waals surface area contributed by atoms with Crippen molar-refractivity contribution in [1.29, 1.82) is 0 Å². The van der Waals surface area contributed by atoms with Crippen LogP contribution in [0.5, 0.6) is 0 Å². The molecule has 0 unspecified atom stereocenters. The molecule has 0 aliphatic carbocycles. The van der Waals surface area contributed by atoms with Crippen molar-refractivity contribution in [3.05, 3.63) is 24.0 Å². The zero-order chi connectivity index (χ0) is 8.55. The Kier molecular flexibility index (Phi) is 1.46. The highest BCUT2D eigenvalue weighted by molar-refractivity contribution is 5.46. The lowest BCUT2D eigenvalue weighted by Gasteiger charge is -1.87. The maximum Gasteiger partial charge on any atom is 0.284 e. The molecule has 0 amide bonds. The van der Waals surface area contributed by atoms with Gasteiger partial charge in [-0.25, -0.2) is 9.97 Å². The van der Waals surface area contributed by atoms with Crippen LogP contribution >= 0.6 is 0 Å². The first kappa shape index (κ1) is 7.09. The molecule has 0 aromatic carbocycles. The second-order valence-corrected chi connectivity index (χ2v) is 2.50. The molecular formula is C8H7N2O2. The Bertz CT molecular complexity index is 389. The maximum atomic E-state index is 5.24. The van der Waals surface area contributed by atoms with Crippen LogP contribution in [-0.2, 0) is 0 Å². The van der Waals surface area contributed by atoms with E-state index in [4.69, 9.17) is 8.83 Å². The highest BCUT2D eigenvalue weighted by Gasteiger charge is 2.11. The van der Waals surface area contributed by atoms with Gasteiger partial charge in [-0.15, -0.1) is 0 Å². The quantitative estimate of drug-likeness (QED) is 0.642. The Balaban J connectivity index is 2.50. The molecule has 2 aromatic rings. The average molecular weight is 163 g/mol. The van der Waals surface area contributed by atoms with Gasteiger partial charge in [-0.3, -0.25) is 0 Å². The van der Waals surface area contributed by atoms with Crippen molar-refractivity contribution in [1.82, 2.24) is 9.97 Å². The molecule has 1 radical (unpaired) electrons. The minimum absolute atomic E-state index is 0.457. The van der Waals surface area contributed by atoms with Gasteiger partial charge in [-0.1, -0.05) is 0 Å². The first-order chi connectivity index (χ1) is 5.77. The van der Waals surface area contributed by atoms with Crippen LogP contribution in [0.25, 0.3) is 11.7 Å². The number of aryl methyl sites for hydroxylation is 2. The monoisotopic (exact) mass is 163 g/mol. The fraction of sp³-hybridized carbons (Fsp3) is 0.250. The van der Waals surface area contributed by atoms with Gasteiger partial charge in [-0.2, -0.15) is 0 Å². The van der Waals surface area contributed by atoms with Crippen molar-refractivity contribution in [3.8, 4) is 11.7 Å². The fourth-order valence-corrected chi connectivity index (χ4v) is 0.920. The van der Waals surface area contributed by atoms with E-state index >= 15 is 0 Å². The number of aromatic nitrogens is 2. The summed E-state index contributed by atoms with van der Waals surface area (Å²) in [5.74, 6) is 1.75. The third-order valence-corrected chi connectivity index (χ3v) is 1.51. The van der Waals surface area contributed by atoms with Crippen LogP contribution in [0.15, 0.2) is 15.0 Å². The molecule has 61 valence electrons. The molecule has 0 fully saturated rings. The molecule has 0 bridgehead atoms. The number of hydrogen-bond acceptors (Lipinski definition) is 4. The SMILES string of the molecule is Cc1cnc(-c2o[c]nc2C)o1. The number of hydrogen-bond donors (Lipinski definition) is 0. The van der Waals surface area contributed by atoms with E-state index in [9.17, 15) is 0 Å². The van der Waals surface area contributed by atoms with Gasteiger partial charge in [0, 0.05) is 0 Å². The van der Waals surface area contributed by atoms with E-state index in [-0.39, 0.29) is 0 Å².